The fraction of sp³-hybridized carbons (Fsp3) is 0.833. The van der Waals surface area contributed by atoms with Crippen LogP contribution in [0.4, 0.5) is 0 Å². The SMILES string of the molecule is CCCCN(OS(C)(=O)=O)C(=N)N. The van der Waals surface area contributed by atoms with Crippen LogP contribution in [0, 0.1) is 5.41 Å². The van der Waals surface area contributed by atoms with Gasteiger partial charge in [-0.05, 0) is 6.42 Å². The lowest BCUT2D eigenvalue weighted by atomic mass is 10.3. The highest BCUT2D eigenvalue weighted by molar-refractivity contribution is 7.85. The largest absolute Gasteiger partial charge is 0.368 e. The lowest BCUT2D eigenvalue weighted by Crippen LogP contribution is -2.38. The molecule has 13 heavy (non-hydrogen) atoms. The molecule has 0 spiro atoms. The molecule has 0 amide bonds. The summed E-state index contributed by atoms with van der Waals surface area (Å²) in [6.07, 6.45) is 2.50. The van der Waals surface area contributed by atoms with E-state index in [9.17, 15) is 8.42 Å². The summed E-state index contributed by atoms with van der Waals surface area (Å²) in [4.78, 5) is 0. The van der Waals surface area contributed by atoms with Crippen molar-refractivity contribution in [2.45, 2.75) is 19.8 Å². The van der Waals surface area contributed by atoms with Gasteiger partial charge in [0.05, 0.1) is 12.8 Å². The minimum atomic E-state index is -3.59. The van der Waals surface area contributed by atoms with E-state index in [0.29, 0.717) is 6.54 Å². The Hall–Kier alpha value is -0.820. The molecule has 3 N–H and O–H groups in total. The second-order valence-corrected chi connectivity index (χ2v) is 4.18. The second kappa shape index (κ2) is 5.03. The molecule has 0 bridgehead atoms. The Kier molecular flexibility index (Phi) is 4.71. The zero-order valence-electron chi connectivity index (χ0n) is 7.78. The minimum Gasteiger partial charge on any atom is -0.368 e. The summed E-state index contributed by atoms with van der Waals surface area (Å²) in [6, 6.07) is 0. The number of nitrogens with one attached hydrogen (secondary N) is 1. The van der Waals surface area contributed by atoms with E-state index < -0.39 is 16.1 Å². The summed E-state index contributed by atoms with van der Waals surface area (Å²) in [5.41, 5.74) is 5.10. The smallest absolute Gasteiger partial charge is 0.285 e. The van der Waals surface area contributed by atoms with E-state index in [1.54, 1.807) is 0 Å². The van der Waals surface area contributed by atoms with Gasteiger partial charge in [-0.25, -0.2) is 5.06 Å². The highest BCUT2D eigenvalue weighted by Gasteiger charge is 2.13. The average Bonchev–Trinajstić information content (AvgIpc) is 1.95. The summed E-state index contributed by atoms with van der Waals surface area (Å²) in [7, 11) is -3.59. The van der Waals surface area contributed by atoms with Gasteiger partial charge in [0, 0.05) is 0 Å². The van der Waals surface area contributed by atoms with Gasteiger partial charge in [-0.2, -0.15) is 8.42 Å². The molecule has 0 aliphatic heterocycles. The van der Waals surface area contributed by atoms with Gasteiger partial charge in [0.2, 0.25) is 5.96 Å². The molecule has 0 aromatic heterocycles. The molecule has 0 radical (unpaired) electrons. The monoisotopic (exact) mass is 209 g/mol. The maximum atomic E-state index is 10.7. The first-order valence-electron chi connectivity index (χ1n) is 3.88. The molecule has 78 valence electrons. The van der Waals surface area contributed by atoms with E-state index in [-0.39, 0.29) is 0 Å². The normalized spacial score (nSPS) is 11.2. The first-order chi connectivity index (χ1) is 5.87. The van der Waals surface area contributed by atoms with E-state index in [1.807, 2.05) is 6.92 Å². The molecule has 0 rings (SSSR count). The molecule has 6 nitrogen and oxygen atoms in total. The van der Waals surface area contributed by atoms with Gasteiger partial charge in [0.25, 0.3) is 10.1 Å². The maximum Gasteiger partial charge on any atom is 0.285 e. The molecule has 0 aliphatic carbocycles. The molecular weight excluding hydrogens is 194 g/mol. The maximum absolute atomic E-state index is 10.7. The molecule has 7 heteroatoms. The molecule has 0 aromatic rings. The van der Waals surface area contributed by atoms with Crippen LogP contribution in [-0.2, 0) is 14.4 Å². The number of guanidine groups is 1. The van der Waals surface area contributed by atoms with Gasteiger partial charge in [-0.15, -0.1) is 4.28 Å². The van der Waals surface area contributed by atoms with E-state index in [0.717, 1.165) is 24.2 Å². The first kappa shape index (κ1) is 12.2. The van der Waals surface area contributed by atoms with Crippen molar-refractivity contribution in [2.24, 2.45) is 5.73 Å². The van der Waals surface area contributed by atoms with Crippen molar-refractivity contribution in [3.05, 3.63) is 0 Å². The number of nitrogens with two attached hydrogens (primary N) is 1. The third kappa shape index (κ3) is 6.35. The van der Waals surface area contributed by atoms with Crippen molar-refractivity contribution in [1.82, 2.24) is 5.06 Å². The number of hydrogen-bond donors (Lipinski definition) is 2. The van der Waals surface area contributed by atoms with Crippen molar-refractivity contribution in [1.29, 1.82) is 5.41 Å². The summed E-state index contributed by atoms with van der Waals surface area (Å²) in [6.45, 7) is 2.25. The van der Waals surface area contributed by atoms with Crippen LogP contribution in [0.2, 0.25) is 0 Å². The molecule has 0 fully saturated rings. The predicted octanol–water partition coefficient (Wildman–Crippen LogP) is -0.127. The van der Waals surface area contributed by atoms with Gasteiger partial charge >= 0.3 is 0 Å². The van der Waals surface area contributed by atoms with Gasteiger partial charge < -0.3 is 5.73 Å². The van der Waals surface area contributed by atoms with Gasteiger partial charge in [-0.1, -0.05) is 13.3 Å². The standard InChI is InChI=1S/C6H15N3O3S/c1-3-4-5-9(6(7)8)12-13(2,10)11/h3-5H2,1-2H3,(H3,7,8). The predicted molar refractivity (Wildman–Crippen MR) is 49.5 cm³/mol. The lowest BCUT2D eigenvalue weighted by molar-refractivity contribution is 0.0247. The van der Waals surface area contributed by atoms with Crippen LogP contribution in [-0.4, -0.2) is 32.2 Å². The third-order valence-corrected chi connectivity index (χ3v) is 1.66. The second-order valence-electron chi connectivity index (χ2n) is 2.62. The Labute approximate surface area is 78.3 Å². The van der Waals surface area contributed by atoms with Crippen LogP contribution in [0.5, 0.6) is 0 Å². The fourth-order valence-electron chi connectivity index (χ4n) is 0.663. The Morgan fingerprint density at radius 2 is 2.15 bits per heavy atom. The van der Waals surface area contributed by atoms with Crippen molar-refractivity contribution >= 4 is 16.1 Å². The fourth-order valence-corrected chi connectivity index (χ4v) is 1.14. The molecule has 0 unspecified atom stereocenters. The molecule has 0 saturated carbocycles. The van der Waals surface area contributed by atoms with Crippen molar-refractivity contribution in [3.63, 3.8) is 0 Å². The van der Waals surface area contributed by atoms with E-state index in [2.05, 4.69) is 4.28 Å². The number of rotatable bonds is 5. The Morgan fingerprint density at radius 3 is 2.46 bits per heavy atom. The van der Waals surface area contributed by atoms with Crippen LogP contribution in [0.3, 0.4) is 0 Å². The number of nitrogens with zero attached hydrogens (tertiary/aromatic N) is 1. The van der Waals surface area contributed by atoms with E-state index >= 15 is 0 Å². The number of unbranched alkanes of at least 4 members (excludes halogenated alkanes) is 1. The molecule has 0 aliphatic rings. The molecule has 0 saturated heterocycles. The topological polar surface area (TPSA) is 96.5 Å². The van der Waals surface area contributed by atoms with E-state index in [4.69, 9.17) is 11.1 Å². The summed E-state index contributed by atoms with van der Waals surface area (Å²) in [5.74, 6) is -0.404. The highest BCUT2D eigenvalue weighted by atomic mass is 32.2. The average molecular weight is 209 g/mol. The summed E-state index contributed by atoms with van der Waals surface area (Å²) in [5, 5.41) is 7.88. The summed E-state index contributed by atoms with van der Waals surface area (Å²) >= 11 is 0. The summed E-state index contributed by atoms with van der Waals surface area (Å²) < 4.78 is 25.8. The molecule has 0 aromatic carbocycles. The van der Waals surface area contributed by atoms with Crippen LogP contribution in [0.25, 0.3) is 0 Å². The quantitative estimate of drug-likeness (QED) is 0.373. The van der Waals surface area contributed by atoms with Crippen LogP contribution < -0.4 is 5.73 Å². The van der Waals surface area contributed by atoms with Crippen LogP contribution in [0.1, 0.15) is 19.8 Å². The Bertz CT molecular complexity index is 262. The minimum absolute atomic E-state index is 0.304. The van der Waals surface area contributed by atoms with Crippen molar-refractivity contribution in [2.75, 3.05) is 12.8 Å². The molecular formula is C6H15N3O3S. The van der Waals surface area contributed by atoms with Crippen LogP contribution >= 0.6 is 0 Å². The van der Waals surface area contributed by atoms with Crippen molar-refractivity contribution in [3.8, 4) is 0 Å². The number of hydroxylamine groups is 2. The van der Waals surface area contributed by atoms with Gasteiger partial charge in [-0.3, -0.25) is 5.41 Å². The van der Waals surface area contributed by atoms with Gasteiger partial charge in [0.1, 0.15) is 0 Å². The Balaban J connectivity index is 4.19. The van der Waals surface area contributed by atoms with E-state index in [1.165, 1.54) is 0 Å². The lowest BCUT2D eigenvalue weighted by Gasteiger charge is -2.18. The third-order valence-electron chi connectivity index (χ3n) is 1.21. The molecule has 0 heterocycles. The van der Waals surface area contributed by atoms with Gasteiger partial charge in [0.15, 0.2) is 0 Å². The zero-order valence-corrected chi connectivity index (χ0v) is 8.60. The zero-order chi connectivity index (χ0) is 10.5. The first-order valence-corrected chi connectivity index (χ1v) is 5.69. The Morgan fingerprint density at radius 1 is 1.62 bits per heavy atom. The number of hydrogen-bond acceptors (Lipinski definition) is 4. The highest BCUT2D eigenvalue weighted by Crippen LogP contribution is 1.99. The van der Waals surface area contributed by atoms with Crippen molar-refractivity contribution < 1.29 is 12.7 Å². The van der Waals surface area contributed by atoms with Crippen LogP contribution in [0.15, 0.2) is 0 Å². The molecule has 0 atom stereocenters.